The minimum Gasteiger partial charge on any atom is -0.476 e. The number of para-hydroxylation sites is 2. The number of nitrogens with one attached hydrogen (secondary N) is 1. The molecular weight excluding hydrogens is 372 g/mol. The van der Waals surface area contributed by atoms with Crippen molar-refractivity contribution in [1.82, 2.24) is 10.2 Å². The van der Waals surface area contributed by atoms with Gasteiger partial charge in [-0.3, -0.25) is 14.4 Å². The minimum atomic E-state index is -3.53. The summed E-state index contributed by atoms with van der Waals surface area (Å²) in [5.41, 5.74) is 0.421. The summed E-state index contributed by atoms with van der Waals surface area (Å²) >= 11 is 2.66. The molecule has 1 aliphatic rings. The molecule has 1 aromatic carbocycles. The maximum absolute atomic E-state index is 12.4. The Kier molecular flexibility index (Phi) is 4.65. The summed E-state index contributed by atoms with van der Waals surface area (Å²) in [5, 5.41) is 10.7. The molecule has 24 heavy (non-hydrogen) atoms. The summed E-state index contributed by atoms with van der Waals surface area (Å²) in [6.45, 7) is -0.101. The molecule has 1 unspecified atom stereocenters. The van der Waals surface area contributed by atoms with Crippen molar-refractivity contribution in [2.75, 3.05) is 28.7 Å². The Hall–Kier alpha value is -1.85. The van der Waals surface area contributed by atoms with Crippen LogP contribution in [0, 0.1) is 0 Å². The van der Waals surface area contributed by atoms with E-state index in [4.69, 9.17) is 4.74 Å². The minimum absolute atomic E-state index is 0.101. The van der Waals surface area contributed by atoms with E-state index in [0.29, 0.717) is 16.6 Å². The molecule has 1 atom stereocenters. The van der Waals surface area contributed by atoms with E-state index in [9.17, 15) is 13.2 Å². The molecule has 0 saturated carbocycles. The summed E-state index contributed by atoms with van der Waals surface area (Å²) in [6.07, 6.45) is 1.98. The van der Waals surface area contributed by atoms with E-state index in [1.54, 1.807) is 24.3 Å². The summed E-state index contributed by atoms with van der Waals surface area (Å²) in [4.78, 5) is 12.4. The van der Waals surface area contributed by atoms with Crippen LogP contribution in [0.1, 0.15) is 0 Å². The molecule has 1 aromatic heterocycles. The van der Waals surface area contributed by atoms with E-state index in [1.165, 1.54) is 27.4 Å². The van der Waals surface area contributed by atoms with Crippen LogP contribution in [0.2, 0.25) is 0 Å². The number of benzene rings is 1. The summed E-state index contributed by atoms with van der Waals surface area (Å²) < 4.78 is 31.6. The molecule has 0 saturated heterocycles. The van der Waals surface area contributed by atoms with Gasteiger partial charge >= 0.3 is 0 Å². The average Bonchev–Trinajstić information content (AvgIpc) is 3.00. The summed E-state index contributed by atoms with van der Waals surface area (Å²) in [7, 11) is -3.53. The Bertz CT molecular complexity index is 868. The molecule has 0 aliphatic carbocycles. The fraction of sp³-hybridized carbons (Fsp3) is 0.308. The van der Waals surface area contributed by atoms with Crippen molar-refractivity contribution >= 4 is 49.8 Å². The number of nitrogens with zero attached hydrogens (tertiary/aromatic N) is 3. The third-order valence-electron chi connectivity index (χ3n) is 3.24. The lowest BCUT2D eigenvalue weighted by atomic mass is 10.2. The lowest BCUT2D eigenvalue weighted by Crippen LogP contribution is -2.48. The van der Waals surface area contributed by atoms with Gasteiger partial charge in [0.2, 0.25) is 15.2 Å². The van der Waals surface area contributed by atoms with Crippen molar-refractivity contribution in [1.29, 1.82) is 0 Å². The van der Waals surface area contributed by atoms with Crippen LogP contribution in [0.4, 0.5) is 10.8 Å². The van der Waals surface area contributed by atoms with Crippen LogP contribution in [-0.2, 0) is 14.8 Å². The normalized spacial score (nSPS) is 17.1. The van der Waals surface area contributed by atoms with Crippen LogP contribution in [0.5, 0.6) is 5.75 Å². The molecular formula is C13H14N4O4S3. The van der Waals surface area contributed by atoms with Gasteiger partial charge in [0.15, 0.2) is 10.4 Å². The molecule has 1 N–H and O–H groups in total. The van der Waals surface area contributed by atoms with Crippen molar-refractivity contribution in [3.8, 4) is 5.75 Å². The monoisotopic (exact) mass is 386 g/mol. The van der Waals surface area contributed by atoms with E-state index in [1.807, 2.05) is 6.26 Å². The number of anilines is 2. The number of hydrogen-bond donors (Lipinski definition) is 1. The summed E-state index contributed by atoms with van der Waals surface area (Å²) in [6, 6.07) is 6.70. The number of fused-ring (bicyclic) bond motifs is 1. The first-order valence-electron chi connectivity index (χ1n) is 6.80. The zero-order valence-electron chi connectivity index (χ0n) is 12.8. The first-order valence-corrected chi connectivity index (χ1v) is 10.7. The SMILES string of the molecule is CSc1nnc(NC(=O)C2CN(S(C)(=O)=O)c3ccccc3O2)s1. The number of rotatable bonds is 4. The molecule has 2 aromatic rings. The Morgan fingerprint density at radius 1 is 1.42 bits per heavy atom. The molecule has 128 valence electrons. The maximum Gasteiger partial charge on any atom is 0.269 e. The highest BCUT2D eigenvalue weighted by Crippen LogP contribution is 2.35. The number of ether oxygens (including phenoxy) is 1. The summed E-state index contributed by atoms with van der Waals surface area (Å²) in [5.74, 6) is -0.127. The number of thioether (sulfide) groups is 1. The molecule has 0 bridgehead atoms. The second-order valence-electron chi connectivity index (χ2n) is 4.93. The van der Waals surface area contributed by atoms with Crippen LogP contribution >= 0.6 is 23.1 Å². The molecule has 1 amide bonds. The molecule has 0 spiro atoms. The molecule has 8 nitrogen and oxygen atoms in total. The third-order valence-corrected chi connectivity index (χ3v) is 6.20. The zero-order valence-corrected chi connectivity index (χ0v) is 15.2. The van der Waals surface area contributed by atoms with Gasteiger partial charge in [-0.2, -0.15) is 0 Å². The standard InChI is InChI=1S/C13H14N4O4S3/c1-22-13-16-15-12(23-13)14-11(18)10-7-17(24(2,19)20)8-5-3-4-6-9(8)21-10/h3-6,10H,7H2,1-2H3,(H,14,15,18). The highest BCUT2D eigenvalue weighted by molar-refractivity contribution is 8.00. The fourth-order valence-corrected chi connectivity index (χ4v) is 4.27. The van der Waals surface area contributed by atoms with E-state index >= 15 is 0 Å². The van der Waals surface area contributed by atoms with Crippen LogP contribution in [0.3, 0.4) is 0 Å². The highest BCUT2D eigenvalue weighted by atomic mass is 32.2. The van der Waals surface area contributed by atoms with Crippen LogP contribution in [0.25, 0.3) is 0 Å². The predicted octanol–water partition coefficient (Wildman–Crippen LogP) is 1.43. The molecule has 0 radical (unpaired) electrons. The molecule has 1 aliphatic heterocycles. The number of amides is 1. The second kappa shape index (κ2) is 6.57. The number of carbonyl (C=O) groups excluding carboxylic acids is 1. The van der Waals surface area contributed by atoms with Gasteiger partial charge in [-0.25, -0.2) is 8.42 Å². The Balaban J connectivity index is 1.83. The van der Waals surface area contributed by atoms with Crippen molar-refractivity contribution in [2.24, 2.45) is 0 Å². The lowest BCUT2D eigenvalue weighted by molar-refractivity contribution is -0.122. The number of sulfonamides is 1. The number of hydrogen-bond acceptors (Lipinski definition) is 8. The van der Waals surface area contributed by atoms with Crippen molar-refractivity contribution in [3.05, 3.63) is 24.3 Å². The third kappa shape index (κ3) is 3.47. The van der Waals surface area contributed by atoms with Crippen LogP contribution in [0.15, 0.2) is 28.6 Å². The van der Waals surface area contributed by atoms with Gasteiger partial charge in [-0.15, -0.1) is 10.2 Å². The first kappa shape index (κ1) is 17.0. The lowest BCUT2D eigenvalue weighted by Gasteiger charge is -2.33. The maximum atomic E-state index is 12.4. The molecule has 11 heteroatoms. The topological polar surface area (TPSA) is 101 Å². The quantitative estimate of drug-likeness (QED) is 0.626. The Morgan fingerprint density at radius 2 is 2.17 bits per heavy atom. The van der Waals surface area contributed by atoms with E-state index in [0.717, 1.165) is 10.6 Å². The average molecular weight is 386 g/mol. The van der Waals surface area contributed by atoms with Gasteiger partial charge in [-0.05, 0) is 18.4 Å². The fourth-order valence-electron chi connectivity index (χ4n) is 2.18. The van der Waals surface area contributed by atoms with Gasteiger partial charge < -0.3 is 4.74 Å². The number of carbonyl (C=O) groups is 1. The molecule has 3 rings (SSSR count). The van der Waals surface area contributed by atoms with E-state index in [2.05, 4.69) is 15.5 Å². The van der Waals surface area contributed by atoms with E-state index < -0.39 is 22.0 Å². The van der Waals surface area contributed by atoms with Gasteiger partial charge in [0, 0.05) is 0 Å². The van der Waals surface area contributed by atoms with Gasteiger partial charge in [0.25, 0.3) is 5.91 Å². The van der Waals surface area contributed by atoms with E-state index in [-0.39, 0.29) is 6.54 Å². The van der Waals surface area contributed by atoms with Gasteiger partial charge in [-0.1, -0.05) is 35.2 Å². The molecule has 2 heterocycles. The Morgan fingerprint density at radius 3 is 2.83 bits per heavy atom. The van der Waals surface area contributed by atoms with Gasteiger partial charge in [0.1, 0.15) is 5.75 Å². The first-order chi connectivity index (χ1) is 11.4. The van der Waals surface area contributed by atoms with Crippen molar-refractivity contribution < 1.29 is 17.9 Å². The van der Waals surface area contributed by atoms with Crippen molar-refractivity contribution in [2.45, 2.75) is 10.4 Å². The van der Waals surface area contributed by atoms with Crippen LogP contribution < -0.4 is 14.4 Å². The zero-order chi connectivity index (χ0) is 17.3. The molecule has 0 fully saturated rings. The van der Waals surface area contributed by atoms with Gasteiger partial charge in [0.05, 0.1) is 18.5 Å². The highest BCUT2D eigenvalue weighted by Gasteiger charge is 2.35. The number of aromatic nitrogens is 2. The smallest absolute Gasteiger partial charge is 0.269 e. The largest absolute Gasteiger partial charge is 0.476 e. The second-order valence-corrected chi connectivity index (χ2v) is 8.87. The Labute approximate surface area is 147 Å². The van der Waals surface area contributed by atoms with Crippen LogP contribution in [-0.4, -0.2) is 49.7 Å². The predicted molar refractivity (Wildman–Crippen MR) is 93.4 cm³/mol. The van der Waals surface area contributed by atoms with Crippen molar-refractivity contribution in [3.63, 3.8) is 0 Å².